The molecule has 2 aromatic carbocycles. The van der Waals surface area contributed by atoms with E-state index in [9.17, 15) is 0 Å². The van der Waals surface area contributed by atoms with Gasteiger partial charge in [0, 0.05) is 5.41 Å². The summed E-state index contributed by atoms with van der Waals surface area (Å²) in [6.07, 6.45) is 8.12. The van der Waals surface area contributed by atoms with Gasteiger partial charge in [0.1, 0.15) is 11.1 Å². The van der Waals surface area contributed by atoms with E-state index < -0.39 is 29.3 Å². The molecular formula is C65H108O18. The van der Waals surface area contributed by atoms with Crippen molar-refractivity contribution in [1.82, 2.24) is 0 Å². The lowest BCUT2D eigenvalue weighted by Gasteiger charge is -2.37. The van der Waals surface area contributed by atoms with Crippen LogP contribution in [0.2, 0.25) is 0 Å². The first-order chi connectivity index (χ1) is 40.1. The van der Waals surface area contributed by atoms with E-state index in [1.807, 2.05) is 111 Å². The van der Waals surface area contributed by atoms with Crippen molar-refractivity contribution >= 4 is 11.9 Å². The second kappa shape index (κ2) is 40.4. The average Bonchev–Trinajstić information content (AvgIpc) is 3.36. The first-order valence-electron chi connectivity index (χ1n) is 31.2. The van der Waals surface area contributed by atoms with Crippen LogP contribution in [0, 0.1) is 0 Å². The van der Waals surface area contributed by atoms with Crippen LogP contribution in [0.1, 0.15) is 212 Å². The third-order valence-corrected chi connectivity index (χ3v) is 12.0. The quantitative estimate of drug-likeness (QED) is 0.0264. The van der Waals surface area contributed by atoms with Gasteiger partial charge in [-0.2, -0.15) is 0 Å². The minimum Gasteiger partial charge on any atom is -0.489 e. The number of carbonyl (C=O) groups is 2. The molecule has 0 bridgehead atoms. The summed E-state index contributed by atoms with van der Waals surface area (Å²) in [4.78, 5) is 30.1. The fourth-order valence-corrected chi connectivity index (χ4v) is 8.18. The van der Waals surface area contributed by atoms with Crippen LogP contribution >= 0.6 is 0 Å². The van der Waals surface area contributed by atoms with Crippen LogP contribution in [0.3, 0.4) is 0 Å². The summed E-state index contributed by atoms with van der Waals surface area (Å²) in [5, 5.41) is 0. The molecule has 0 unspecified atom stereocenters. The lowest BCUT2D eigenvalue weighted by molar-refractivity contribution is -0.356. The zero-order valence-corrected chi connectivity index (χ0v) is 54.1. The van der Waals surface area contributed by atoms with Gasteiger partial charge in [-0.25, -0.2) is 9.59 Å². The second-order valence-corrected chi connectivity index (χ2v) is 20.4. The fraction of sp³-hybridized carbons (Fsp3) is 0.723. The maximum atomic E-state index is 15.1. The van der Waals surface area contributed by atoms with Crippen molar-refractivity contribution in [2.45, 2.75) is 218 Å². The Labute approximate surface area is 499 Å². The highest BCUT2D eigenvalue weighted by molar-refractivity contribution is 5.94. The Morgan fingerprint density at radius 3 is 0.614 bits per heavy atom. The molecule has 0 radical (unpaired) electrons. The summed E-state index contributed by atoms with van der Waals surface area (Å²) in [5.74, 6) is -5.00. The summed E-state index contributed by atoms with van der Waals surface area (Å²) in [6.45, 7) is 42.5. The molecule has 0 atom stereocenters. The Morgan fingerprint density at radius 2 is 0.446 bits per heavy atom. The lowest BCUT2D eigenvalue weighted by atomic mass is 9.75. The van der Waals surface area contributed by atoms with Gasteiger partial charge in [0.05, 0.1) is 104 Å². The zero-order chi connectivity index (χ0) is 61.9. The average molecular weight is 1180 g/mol. The van der Waals surface area contributed by atoms with Gasteiger partial charge in [-0.3, -0.25) is 0 Å². The van der Waals surface area contributed by atoms with Crippen LogP contribution in [0.5, 0.6) is 57.5 Å². The normalized spacial score (nSPS) is 11.8. The van der Waals surface area contributed by atoms with Gasteiger partial charge in [-0.05, 0) is 89.9 Å². The van der Waals surface area contributed by atoms with Crippen molar-refractivity contribution in [2.75, 3.05) is 92.5 Å². The van der Waals surface area contributed by atoms with Crippen LogP contribution in [0.15, 0.2) is 24.3 Å². The van der Waals surface area contributed by atoms with E-state index in [0.29, 0.717) is 101 Å². The molecule has 0 spiro atoms. The van der Waals surface area contributed by atoms with Crippen molar-refractivity contribution in [3.8, 4) is 57.5 Å². The summed E-state index contributed by atoms with van der Waals surface area (Å²) in [6, 6.07) is 0. The Kier molecular flexibility index (Phi) is 36.0. The third kappa shape index (κ3) is 20.6. The molecule has 476 valence electrons. The molecule has 2 aromatic rings. The monoisotopic (exact) mass is 1180 g/mol. The number of benzene rings is 2. The minimum atomic E-state index is -1.97. The summed E-state index contributed by atoms with van der Waals surface area (Å²) in [7, 11) is 0. The van der Waals surface area contributed by atoms with Crippen molar-refractivity contribution in [2.24, 2.45) is 0 Å². The maximum absolute atomic E-state index is 15.1. The highest BCUT2D eigenvalue weighted by atomic mass is 16.9. The molecule has 2 rings (SSSR count). The fourth-order valence-electron chi connectivity index (χ4n) is 8.18. The van der Waals surface area contributed by atoms with Crippen molar-refractivity contribution in [1.29, 1.82) is 0 Å². The predicted molar refractivity (Wildman–Crippen MR) is 324 cm³/mol. The number of esters is 2. The van der Waals surface area contributed by atoms with Gasteiger partial charge >= 0.3 is 23.9 Å². The van der Waals surface area contributed by atoms with Gasteiger partial charge in [-0.1, -0.05) is 124 Å². The molecular weight excluding hydrogens is 1070 g/mol. The molecule has 0 saturated carbocycles. The Bertz CT molecular complexity index is 1940. The van der Waals surface area contributed by atoms with E-state index >= 15 is 9.59 Å². The van der Waals surface area contributed by atoms with E-state index in [1.165, 1.54) is 0 Å². The number of hydrogen-bond acceptors (Lipinski definition) is 18. The molecule has 0 saturated heterocycles. The number of rotatable bonds is 50. The van der Waals surface area contributed by atoms with Gasteiger partial charge in [0.2, 0.25) is 34.5 Å². The summed E-state index contributed by atoms with van der Waals surface area (Å²) >= 11 is 0. The van der Waals surface area contributed by atoms with E-state index in [4.69, 9.17) is 75.8 Å². The third-order valence-electron chi connectivity index (χ3n) is 12.0. The summed E-state index contributed by atoms with van der Waals surface area (Å²) in [5.41, 5.74) is -0.970. The molecule has 0 aliphatic carbocycles. The minimum absolute atomic E-state index is 0.0638. The molecule has 0 aliphatic rings. The number of carbonyl (C=O) groups excluding carboxylic acids is 2. The lowest BCUT2D eigenvalue weighted by Crippen LogP contribution is -2.45. The van der Waals surface area contributed by atoms with Crippen LogP contribution in [0.4, 0.5) is 0 Å². The first kappa shape index (κ1) is 74.1. The van der Waals surface area contributed by atoms with Gasteiger partial charge < -0.3 is 75.8 Å². The van der Waals surface area contributed by atoms with Crippen LogP contribution in [-0.2, 0) is 43.4 Å². The Balaban J connectivity index is 3.63. The molecule has 18 heteroatoms. The predicted octanol–water partition coefficient (Wildman–Crippen LogP) is 15.1. The smallest absolute Gasteiger partial charge is 0.347 e. The Hall–Kier alpha value is -4.98. The van der Waals surface area contributed by atoms with Crippen LogP contribution < -0.4 is 47.4 Å². The van der Waals surface area contributed by atoms with E-state index in [-0.39, 0.29) is 161 Å². The topological polar surface area (TPSA) is 182 Å². The van der Waals surface area contributed by atoms with E-state index in [0.717, 1.165) is 0 Å². The molecule has 0 aliphatic heterocycles. The maximum Gasteiger partial charge on any atom is 0.347 e. The SMILES string of the molecule is C=C(C(=O)Oc1c(OCCC)c(OCCC)c(C(C)(C)c2c(OCCC)c(OCCC)c(OC(=O)C(=C)C(OCCC)(OCCC)OCCC)c(OCCC)c2OCCC)c(OCCC)c1OCCC)C(OCCC)(OCCC)OCCC. The second-order valence-electron chi connectivity index (χ2n) is 20.4. The molecule has 0 amide bonds. The van der Waals surface area contributed by atoms with Crippen molar-refractivity contribution in [3.05, 3.63) is 35.4 Å². The van der Waals surface area contributed by atoms with Crippen molar-refractivity contribution in [3.63, 3.8) is 0 Å². The molecule has 83 heavy (non-hydrogen) atoms. The molecule has 0 fully saturated rings. The van der Waals surface area contributed by atoms with Gasteiger partial charge in [0.15, 0.2) is 23.0 Å². The highest BCUT2D eigenvalue weighted by Crippen LogP contribution is 2.64. The van der Waals surface area contributed by atoms with E-state index in [1.54, 1.807) is 0 Å². The largest absolute Gasteiger partial charge is 0.489 e. The number of hydrogen-bond donors (Lipinski definition) is 0. The van der Waals surface area contributed by atoms with Gasteiger partial charge in [-0.15, -0.1) is 0 Å². The van der Waals surface area contributed by atoms with Gasteiger partial charge in [0.25, 0.3) is 0 Å². The molecule has 18 nitrogen and oxygen atoms in total. The summed E-state index contributed by atoms with van der Waals surface area (Å²) < 4.78 is 106. The molecule has 0 heterocycles. The highest BCUT2D eigenvalue weighted by Gasteiger charge is 2.49. The van der Waals surface area contributed by atoms with Crippen LogP contribution in [-0.4, -0.2) is 116 Å². The number of ether oxygens (including phenoxy) is 16. The molecule has 0 N–H and O–H groups in total. The van der Waals surface area contributed by atoms with Crippen LogP contribution in [0.25, 0.3) is 0 Å². The Morgan fingerprint density at radius 1 is 0.277 bits per heavy atom. The zero-order valence-electron chi connectivity index (χ0n) is 54.1. The molecule has 0 aromatic heterocycles. The van der Waals surface area contributed by atoms with Crippen molar-refractivity contribution < 1.29 is 85.4 Å². The first-order valence-corrected chi connectivity index (χ1v) is 31.2. The standard InChI is InChI=1S/C65H108O18/c1-19-33-68-51-49(52(69-34-20-2)56(73-38-24-6)59(55(51)72-37-23-5)82-61(66)47(15)64(76-41-27-9,77-42-28-10)78-43-29-11)63(17,18)50-53(70-35-21-3)57(74-39-25-7)60(58(75-40-26-8)54(50)71-36-22-4)83-62(67)48(16)65(79-44-30-12,80-45-31-13)81-46-32-14/h15-16,19-46H2,1-14,17-18H3. The van der Waals surface area contributed by atoms with E-state index in [2.05, 4.69) is 13.2 Å².